The minimum atomic E-state index is -3.51. The third-order valence-corrected chi connectivity index (χ3v) is 6.22. The summed E-state index contributed by atoms with van der Waals surface area (Å²) in [4.78, 5) is 12.5. The van der Waals surface area contributed by atoms with E-state index in [0.717, 1.165) is 24.0 Å². The van der Waals surface area contributed by atoms with Gasteiger partial charge in [0.2, 0.25) is 10.0 Å². The van der Waals surface area contributed by atoms with E-state index < -0.39 is 10.0 Å². The van der Waals surface area contributed by atoms with E-state index in [-0.39, 0.29) is 10.8 Å². The highest BCUT2D eigenvalue weighted by Gasteiger charge is 2.20. The summed E-state index contributed by atoms with van der Waals surface area (Å²) in [6, 6.07) is 13.9. The van der Waals surface area contributed by atoms with Crippen LogP contribution in [0.4, 0.5) is 0 Å². The molecule has 5 nitrogen and oxygen atoms in total. The number of benzene rings is 2. The summed E-state index contributed by atoms with van der Waals surface area (Å²) in [5, 5.41) is 2.87. The first-order chi connectivity index (χ1) is 12.4. The predicted molar refractivity (Wildman–Crippen MR) is 104 cm³/mol. The summed E-state index contributed by atoms with van der Waals surface area (Å²) in [5.74, 6) is -0.225. The van der Waals surface area contributed by atoms with Crippen molar-refractivity contribution in [3.8, 4) is 0 Å². The lowest BCUT2D eigenvalue weighted by Crippen LogP contribution is -2.28. The topological polar surface area (TPSA) is 66.5 Å². The Morgan fingerprint density at radius 2 is 1.73 bits per heavy atom. The highest BCUT2D eigenvalue weighted by molar-refractivity contribution is 7.89. The molecule has 140 valence electrons. The van der Waals surface area contributed by atoms with Crippen molar-refractivity contribution in [2.75, 3.05) is 13.6 Å². The van der Waals surface area contributed by atoms with Crippen LogP contribution in [0.2, 0.25) is 0 Å². The van der Waals surface area contributed by atoms with Gasteiger partial charge in [0.25, 0.3) is 5.91 Å². The molecule has 0 fully saturated rings. The molecule has 2 rings (SSSR count). The first-order valence-corrected chi connectivity index (χ1v) is 10.2. The van der Waals surface area contributed by atoms with E-state index in [4.69, 9.17) is 0 Å². The molecule has 26 heavy (non-hydrogen) atoms. The lowest BCUT2D eigenvalue weighted by atomic mass is 10.1. The Kier molecular flexibility index (Phi) is 6.94. The molecular weight excluding hydrogens is 348 g/mol. The molecule has 0 unspecified atom stereocenters. The van der Waals surface area contributed by atoms with E-state index in [2.05, 4.69) is 5.32 Å². The Balaban J connectivity index is 2.04. The molecule has 1 N–H and O–H groups in total. The van der Waals surface area contributed by atoms with Gasteiger partial charge in [0.05, 0.1) is 4.90 Å². The molecule has 0 saturated carbocycles. The van der Waals surface area contributed by atoms with E-state index in [1.54, 1.807) is 19.2 Å². The van der Waals surface area contributed by atoms with Crippen molar-refractivity contribution >= 4 is 15.9 Å². The number of aryl methyl sites for hydroxylation is 1. The fourth-order valence-electron chi connectivity index (χ4n) is 2.55. The van der Waals surface area contributed by atoms with Crippen molar-refractivity contribution in [2.45, 2.75) is 38.1 Å². The normalized spacial score (nSPS) is 11.5. The summed E-state index contributed by atoms with van der Waals surface area (Å²) >= 11 is 0. The van der Waals surface area contributed by atoms with Gasteiger partial charge in [-0.05, 0) is 48.7 Å². The van der Waals surface area contributed by atoms with Crippen LogP contribution in [0.5, 0.6) is 0 Å². The molecule has 0 aliphatic rings. The van der Waals surface area contributed by atoms with Gasteiger partial charge < -0.3 is 5.32 Å². The van der Waals surface area contributed by atoms with Gasteiger partial charge in [-0.15, -0.1) is 0 Å². The highest BCUT2D eigenvalue weighted by atomic mass is 32.2. The number of sulfonamides is 1. The van der Waals surface area contributed by atoms with Gasteiger partial charge in [-0.2, -0.15) is 0 Å². The van der Waals surface area contributed by atoms with Crippen molar-refractivity contribution in [2.24, 2.45) is 0 Å². The van der Waals surface area contributed by atoms with Crippen LogP contribution >= 0.6 is 0 Å². The van der Waals surface area contributed by atoms with Crippen LogP contribution in [0.3, 0.4) is 0 Å². The number of hydrogen-bond acceptors (Lipinski definition) is 3. The molecule has 0 spiro atoms. The summed E-state index contributed by atoms with van der Waals surface area (Å²) in [7, 11) is -1.94. The second-order valence-electron chi connectivity index (χ2n) is 6.31. The van der Waals surface area contributed by atoms with Crippen LogP contribution in [-0.4, -0.2) is 32.2 Å². The number of carbonyl (C=O) groups excluding carboxylic acids is 1. The average Bonchev–Trinajstić information content (AvgIpc) is 2.65. The fourth-order valence-corrected chi connectivity index (χ4v) is 3.75. The third-order valence-electron chi connectivity index (χ3n) is 4.35. The SMILES string of the molecule is CCCCN(C)S(=O)(=O)c1ccc(C(=O)NCc2ccccc2C)cc1. The molecule has 0 aliphatic carbocycles. The minimum absolute atomic E-state index is 0.201. The molecule has 0 heterocycles. The van der Waals surface area contributed by atoms with E-state index in [0.29, 0.717) is 18.7 Å². The van der Waals surface area contributed by atoms with Crippen LogP contribution in [0.15, 0.2) is 53.4 Å². The van der Waals surface area contributed by atoms with Crippen molar-refractivity contribution in [1.82, 2.24) is 9.62 Å². The number of unbranched alkanes of at least 4 members (excludes halogenated alkanes) is 1. The van der Waals surface area contributed by atoms with Crippen LogP contribution in [0, 0.1) is 6.92 Å². The molecule has 0 atom stereocenters. The molecular formula is C20H26N2O3S. The van der Waals surface area contributed by atoms with Gasteiger partial charge >= 0.3 is 0 Å². The standard InChI is InChI=1S/C20H26N2O3S/c1-4-5-14-22(3)26(24,25)19-12-10-17(11-13-19)20(23)21-15-18-9-7-6-8-16(18)2/h6-13H,4-5,14-15H2,1-3H3,(H,21,23). The van der Waals surface area contributed by atoms with Crippen LogP contribution < -0.4 is 5.32 Å². The predicted octanol–water partition coefficient (Wildman–Crippen LogP) is 3.35. The Morgan fingerprint density at radius 3 is 2.35 bits per heavy atom. The summed E-state index contributed by atoms with van der Waals surface area (Å²) < 4.78 is 26.3. The maximum atomic E-state index is 12.5. The maximum Gasteiger partial charge on any atom is 0.251 e. The van der Waals surface area contributed by atoms with Crippen molar-refractivity contribution in [3.63, 3.8) is 0 Å². The number of amides is 1. The van der Waals surface area contributed by atoms with Gasteiger partial charge in [-0.3, -0.25) is 4.79 Å². The summed E-state index contributed by atoms with van der Waals surface area (Å²) in [6.07, 6.45) is 1.75. The Bertz CT molecular complexity index is 846. The molecule has 1 amide bonds. The van der Waals surface area contributed by atoms with Gasteiger partial charge in [-0.25, -0.2) is 12.7 Å². The largest absolute Gasteiger partial charge is 0.348 e. The Labute approximate surface area is 156 Å². The van der Waals surface area contributed by atoms with Crippen molar-refractivity contribution in [1.29, 1.82) is 0 Å². The van der Waals surface area contributed by atoms with Crippen LogP contribution in [0.25, 0.3) is 0 Å². The average molecular weight is 375 g/mol. The Morgan fingerprint density at radius 1 is 1.08 bits per heavy atom. The van der Waals surface area contributed by atoms with E-state index in [1.807, 2.05) is 38.1 Å². The highest BCUT2D eigenvalue weighted by Crippen LogP contribution is 2.16. The van der Waals surface area contributed by atoms with E-state index in [1.165, 1.54) is 16.4 Å². The molecule has 0 aliphatic heterocycles. The van der Waals surface area contributed by atoms with Gasteiger partial charge in [0.1, 0.15) is 0 Å². The number of hydrogen-bond donors (Lipinski definition) is 1. The molecule has 2 aromatic carbocycles. The lowest BCUT2D eigenvalue weighted by molar-refractivity contribution is 0.0950. The monoisotopic (exact) mass is 374 g/mol. The van der Waals surface area contributed by atoms with Gasteiger partial charge in [0, 0.05) is 25.7 Å². The first kappa shape index (κ1) is 20.1. The van der Waals surface area contributed by atoms with E-state index >= 15 is 0 Å². The number of nitrogens with one attached hydrogen (secondary N) is 1. The van der Waals surface area contributed by atoms with Crippen molar-refractivity contribution in [3.05, 3.63) is 65.2 Å². The molecule has 0 aromatic heterocycles. The summed E-state index contributed by atoms with van der Waals surface area (Å²) in [6.45, 7) is 4.93. The molecule has 0 radical (unpaired) electrons. The quantitative estimate of drug-likeness (QED) is 0.771. The second-order valence-corrected chi connectivity index (χ2v) is 8.36. The lowest BCUT2D eigenvalue weighted by Gasteiger charge is -2.17. The first-order valence-electron chi connectivity index (χ1n) is 8.75. The summed E-state index contributed by atoms with van der Waals surface area (Å²) in [5.41, 5.74) is 2.61. The Hall–Kier alpha value is -2.18. The van der Waals surface area contributed by atoms with E-state index in [9.17, 15) is 13.2 Å². The van der Waals surface area contributed by atoms with Crippen LogP contribution in [-0.2, 0) is 16.6 Å². The smallest absolute Gasteiger partial charge is 0.251 e. The van der Waals surface area contributed by atoms with Crippen LogP contribution in [0.1, 0.15) is 41.3 Å². The molecule has 2 aromatic rings. The zero-order valence-corrected chi connectivity index (χ0v) is 16.3. The van der Waals surface area contributed by atoms with Gasteiger partial charge in [0.15, 0.2) is 0 Å². The fraction of sp³-hybridized carbons (Fsp3) is 0.350. The minimum Gasteiger partial charge on any atom is -0.348 e. The number of rotatable bonds is 8. The zero-order valence-electron chi connectivity index (χ0n) is 15.5. The number of nitrogens with zero attached hydrogens (tertiary/aromatic N) is 1. The maximum absolute atomic E-state index is 12.5. The zero-order chi connectivity index (χ0) is 19.2. The van der Waals surface area contributed by atoms with Gasteiger partial charge in [-0.1, -0.05) is 37.6 Å². The number of carbonyl (C=O) groups is 1. The van der Waals surface area contributed by atoms with Crippen molar-refractivity contribution < 1.29 is 13.2 Å². The molecule has 0 saturated heterocycles. The molecule has 0 bridgehead atoms. The second kappa shape index (κ2) is 8.96. The molecule has 6 heteroatoms. The third kappa shape index (κ3) is 4.93.